The van der Waals surface area contributed by atoms with Gasteiger partial charge in [0.2, 0.25) is 0 Å². The van der Waals surface area contributed by atoms with Crippen molar-refractivity contribution < 1.29 is 9.53 Å². The normalized spacial score (nSPS) is 12.5. The van der Waals surface area contributed by atoms with Gasteiger partial charge in [0.1, 0.15) is 6.10 Å². The van der Waals surface area contributed by atoms with Crippen molar-refractivity contribution in [1.82, 2.24) is 4.90 Å². The molecule has 1 rings (SSSR count). The van der Waals surface area contributed by atoms with Gasteiger partial charge in [-0.25, -0.2) is 0 Å². The molecule has 0 fully saturated rings. The van der Waals surface area contributed by atoms with E-state index < -0.39 is 6.10 Å². The SMILES string of the molecule is C=CCN(Cc1ccc(C)s1)C(=O)C(C)OC(C)C. The number of carbonyl (C=O) groups excluding carboxylic acids is 1. The standard InChI is InChI=1S/C15H23NO2S/c1-6-9-16(10-14-8-7-12(4)19-14)15(17)13(5)18-11(2)3/h6-8,11,13H,1,9-10H2,2-5H3. The van der Waals surface area contributed by atoms with E-state index in [1.54, 1.807) is 29.2 Å². The Kier molecular flexibility index (Phi) is 6.25. The van der Waals surface area contributed by atoms with Crippen molar-refractivity contribution in [2.45, 2.75) is 46.4 Å². The Hall–Kier alpha value is -1.13. The Morgan fingerprint density at radius 3 is 2.63 bits per heavy atom. The first-order valence-corrected chi connectivity index (χ1v) is 7.36. The zero-order valence-corrected chi connectivity index (χ0v) is 13.0. The van der Waals surface area contributed by atoms with Crippen LogP contribution in [0.1, 0.15) is 30.5 Å². The fourth-order valence-corrected chi connectivity index (χ4v) is 2.78. The van der Waals surface area contributed by atoms with Crippen molar-refractivity contribution in [1.29, 1.82) is 0 Å². The predicted octanol–water partition coefficient (Wildman–Crippen LogP) is 3.38. The van der Waals surface area contributed by atoms with Crippen LogP contribution in [0, 0.1) is 6.92 Å². The number of ether oxygens (including phenoxy) is 1. The van der Waals surface area contributed by atoms with E-state index in [1.807, 2.05) is 13.8 Å². The summed E-state index contributed by atoms with van der Waals surface area (Å²) in [7, 11) is 0. The van der Waals surface area contributed by atoms with Gasteiger partial charge in [0.25, 0.3) is 5.91 Å². The lowest BCUT2D eigenvalue weighted by molar-refractivity contribution is -0.145. The average molecular weight is 281 g/mol. The molecule has 0 aliphatic heterocycles. The van der Waals surface area contributed by atoms with Gasteiger partial charge >= 0.3 is 0 Å². The van der Waals surface area contributed by atoms with Gasteiger partial charge in [-0.05, 0) is 39.8 Å². The largest absolute Gasteiger partial charge is 0.366 e. The highest BCUT2D eigenvalue weighted by molar-refractivity contribution is 7.11. The molecule has 1 aromatic rings. The molecule has 1 amide bonds. The van der Waals surface area contributed by atoms with Crippen LogP contribution in [0.25, 0.3) is 0 Å². The summed E-state index contributed by atoms with van der Waals surface area (Å²) >= 11 is 1.72. The topological polar surface area (TPSA) is 29.5 Å². The third kappa shape index (κ3) is 5.17. The molecular weight excluding hydrogens is 258 g/mol. The molecule has 19 heavy (non-hydrogen) atoms. The molecule has 0 spiro atoms. The molecule has 4 heteroatoms. The Morgan fingerprint density at radius 1 is 1.47 bits per heavy atom. The number of aryl methyl sites for hydroxylation is 1. The Bertz CT molecular complexity index is 426. The molecule has 106 valence electrons. The Labute approximate surface area is 119 Å². The maximum atomic E-state index is 12.3. The van der Waals surface area contributed by atoms with Crippen LogP contribution in [-0.4, -0.2) is 29.6 Å². The van der Waals surface area contributed by atoms with Gasteiger partial charge in [-0.15, -0.1) is 17.9 Å². The average Bonchev–Trinajstić information content (AvgIpc) is 2.72. The van der Waals surface area contributed by atoms with Crippen molar-refractivity contribution in [3.8, 4) is 0 Å². The van der Waals surface area contributed by atoms with Gasteiger partial charge in [0.05, 0.1) is 12.6 Å². The van der Waals surface area contributed by atoms with E-state index >= 15 is 0 Å². The number of nitrogens with zero attached hydrogens (tertiary/aromatic N) is 1. The molecule has 0 radical (unpaired) electrons. The van der Waals surface area contributed by atoms with E-state index in [4.69, 9.17) is 4.74 Å². The predicted molar refractivity (Wildman–Crippen MR) is 80.4 cm³/mol. The lowest BCUT2D eigenvalue weighted by atomic mass is 10.3. The second-order valence-corrected chi connectivity index (χ2v) is 6.22. The monoisotopic (exact) mass is 281 g/mol. The molecule has 0 bridgehead atoms. The first-order valence-electron chi connectivity index (χ1n) is 6.54. The first kappa shape index (κ1) is 15.9. The minimum Gasteiger partial charge on any atom is -0.366 e. The van der Waals surface area contributed by atoms with E-state index in [2.05, 4.69) is 25.6 Å². The fraction of sp³-hybridized carbons (Fsp3) is 0.533. The molecule has 0 aliphatic carbocycles. The van der Waals surface area contributed by atoms with Crippen LogP contribution < -0.4 is 0 Å². The van der Waals surface area contributed by atoms with Crippen molar-refractivity contribution in [3.63, 3.8) is 0 Å². The molecule has 1 atom stereocenters. The molecule has 1 aromatic heterocycles. The molecule has 0 N–H and O–H groups in total. The second-order valence-electron chi connectivity index (χ2n) is 4.85. The van der Waals surface area contributed by atoms with Crippen molar-refractivity contribution in [3.05, 3.63) is 34.5 Å². The van der Waals surface area contributed by atoms with Crippen LogP contribution in [-0.2, 0) is 16.1 Å². The summed E-state index contributed by atoms with van der Waals surface area (Å²) < 4.78 is 5.56. The zero-order valence-electron chi connectivity index (χ0n) is 12.2. The van der Waals surface area contributed by atoms with Crippen LogP contribution >= 0.6 is 11.3 Å². The number of rotatable bonds is 7. The Balaban J connectivity index is 2.70. The summed E-state index contributed by atoms with van der Waals surface area (Å²) in [4.78, 5) is 16.6. The van der Waals surface area contributed by atoms with E-state index in [-0.39, 0.29) is 12.0 Å². The lowest BCUT2D eigenvalue weighted by Crippen LogP contribution is -2.39. The van der Waals surface area contributed by atoms with Gasteiger partial charge in [0, 0.05) is 16.3 Å². The van der Waals surface area contributed by atoms with Crippen molar-refractivity contribution >= 4 is 17.2 Å². The second kappa shape index (κ2) is 7.46. The van der Waals surface area contributed by atoms with Crippen LogP contribution in [0.5, 0.6) is 0 Å². The number of hydrogen-bond donors (Lipinski definition) is 0. The summed E-state index contributed by atoms with van der Waals surface area (Å²) in [6, 6.07) is 4.14. The third-order valence-corrected chi connectivity index (χ3v) is 3.61. The number of hydrogen-bond acceptors (Lipinski definition) is 3. The van der Waals surface area contributed by atoms with Crippen LogP contribution in [0.3, 0.4) is 0 Å². The van der Waals surface area contributed by atoms with E-state index in [9.17, 15) is 4.79 Å². The first-order chi connectivity index (χ1) is 8.93. The zero-order chi connectivity index (χ0) is 14.4. The van der Waals surface area contributed by atoms with Gasteiger partial charge < -0.3 is 9.64 Å². The lowest BCUT2D eigenvalue weighted by Gasteiger charge is -2.25. The molecule has 1 heterocycles. The van der Waals surface area contributed by atoms with Crippen molar-refractivity contribution in [2.24, 2.45) is 0 Å². The highest BCUT2D eigenvalue weighted by Crippen LogP contribution is 2.18. The number of thiophene rings is 1. The van der Waals surface area contributed by atoms with Crippen LogP contribution in [0.2, 0.25) is 0 Å². The van der Waals surface area contributed by atoms with Gasteiger partial charge in [-0.3, -0.25) is 4.79 Å². The third-order valence-electron chi connectivity index (χ3n) is 2.63. The van der Waals surface area contributed by atoms with Crippen molar-refractivity contribution in [2.75, 3.05) is 6.54 Å². The van der Waals surface area contributed by atoms with E-state index in [0.29, 0.717) is 13.1 Å². The molecule has 0 aromatic carbocycles. The van der Waals surface area contributed by atoms with E-state index in [1.165, 1.54) is 9.75 Å². The fourth-order valence-electron chi connectivity index (χ4n) is 1.87. The van der Waals surface area contributed by atoms with Crippen LogP contribution in [0.15, 0.2) is 24.8 Å². The van der Waals surface area contributed by atoms with Gasteiger partial charge in [-0.1, -0.05) is 6.08 Å². The molecule has 0 saturated carbocycles. The Morgan fingerprint density at radius 2 is 2.16 bits per heavy atom. The molecular formula is C15H23NO2S. The van der Waals surface area contributed by atoms with E-state index in [0.717, 1.165) is 0 Å². The van der Waals surface area contributed by atoms with Gasteiger partial charge in [0.15, 0.2) is 0 Å². The summed E-state index contributed by atoms with van der Waals surface area (Å²) in [5, 5.41) is 0. The summed E-state index contributed by atoms with van der Waals surface area (Å²) in [5.41, 5.74) is 0. The molecule has 1 unspecified atom stereocenters. The molecule has 3 nitrogen and oxygen atoms in total. The minimum atomic E-state index is -0.416. The smallest absolute Gasteiger partial charge is 0.252 e. The molecule has 0 aliphatic rings. The van der Waals surface area contributed by atoms with Crippen LogP contribution in [0.4, 0.5) is 0 Å². The van der Waals surface area contributed by atoms with Gasteiger partial charge in [-0.2, -0.15) is 0 Å². The summed E-state index contributed by atoms with van der Waals surface area (Å²) in [6.45, 7) is 12.6. The molecule has 0 saturated heterocycles. The number of amides is 1. The minimum absolute atomic E-state index is 0.0136. The highest BCUT2D eigenvalue weighted by atomic mass is 32.1. The summed E-state index contributed by atoms with van der Waals surface area (Å²) in [5.74, 6) is 0.0136. The summed E-state index contributed by atoms with van der Waals surface area (Å²) in [6.07, 6.45) is 1.38. The maximum Gasteiger partial charge on any atom is 0.252 e. The maximum absolute atomic E-state index is 12.3. The number of carbonyl (C=O) groups is 1. The quantitative estimate of drug-likeness (QED) is 0.717. The highest BCUT2D eigenvalue weighted by Gasteiger charge is 2.21.